The summed E-state index contributed by atoms with van der Waals surface area (Å²) in [7, 11) is 1.58. The van der Waals surface area contributed by atoms with Crippen LogP contribution in [0.25, 0.3) is 0 Å². The Kier molecular flexibility index (Phi) is 6.00. The first-order chi connectivity index (χ1) is 8.69. The molecule has 0 saturated carbocycles. The highest BCUT2D eigenvalue weighted by Gasteiger charge is 2.07. The summed E-state index contributed by atoms with van der Waals surface area (Å²) in [5, 5.41) is 2.54. The van der Waals surface area contributed by atoms with Gasteiger partial charge in [0.2, 0.25) is 0 Å². The van der Waals surface area contributed by atoms with Gasteiger partial charge in [0.05, 0.1) is 12.3 Å². The Labute approximate surface area is 107 Å². The Bertz CT molecular complexity index is 394. The minimum absolute atomic E-state index is 0.167. The molecule has 5 nitrogen and oxygen atoms in total. The van der Waals surface area contributed by atoms with Gasteiger partial charge in [-0.15, -0.1) is 0 Å². The predicted molar refractivity (Wildman–Crippen MR) is 70.8 cm³/mol. The summed E-state index contributed by atoms with van der Waals surface area (Å²) < 4.78 is 10.8. The molecule has 0 aliphatic carbocycles. The van der Waals surface area contributed by atoms with Crippen molar-refractivity contribution in [2.45, 2.75) is 13.3 Å². The highest BCUT2D eigenvalue weighted by Crippen LogP contribution is 2.22. The van der Waals surface area contributed by atoms with Crippen molar-refractivity contribution >= 4 is 11.6 Å². The van der Waals surface area contributed by atoms with E-state index >= 15 is 0 Å². The number of ether oxygens (including phenoxy) is 2. The maximum atomic E-state index is 11.4. The van der Waals surface area contributed by atoms with E-state index in [1.807, 2.05) is 0 Å². The lowest BCUT2D eigenvalue weighted by Gasteiger charge is -2.10. The highest BCUT2D eigenvalue weighted by molar-refractivity contribution is 5.95. The summed E-state index contributed by atoms with van der Waals surface area (Å²) >= 11 is 0. The van der Waals surface area contributed by atoms with E-state index in [4.69, 9.17) is 15.2 Å². The lowest BCUT2D eigenvalue weighted by atomic mass is 10.2. The number of anilines is 1. The zero-order valence-electron chi connectivity index (χ0n) is 10.9. The van der Waals surface area contributed by atoms with Crippen LogP contribution in [0.3, 0.4) is 0 Å². The maximum absolute atomic E-state index is 11.4. The van der Waals surface area contributed by atoms with Crippen molar-refractivity contribution in [2.75, 3.05) is 32.6 Å². The van der Waals surface area contributed by atoms with Gasteiger partial charge in [0.25, 0.3) is 5.91 Å². The fraction of sp³-hybridized carbons (Fsp3) is 0.462. The van der Waals surface area contributed by atoms with E-state index < -0.39 is 0 Å². The van der Waals surface area contributed by atoms with Gasteiger partial charge < -0.3 is 20.5 Å². The second-order valence-electron chi connectivity index (χ2n) is 3.79. The number of benzene rings is 1. The molecule has 0 aliphatic rings. The molecule has 1 amide bonds. The van der Waals surface area contributed by atoms with E-state index in [1.165, 1.54) is 0 Å². The molecule has 0 fully saturated rings. The van der Waals surface area contributed by atoms with Gasteiger partial charge in [-0.05, 0) is 24.6 Å². The molecule has 0 atom stereocenters. The molecule has 0 bridgehead atoms. The summed E-state index contributed by atoms with van der Waals surface area (Å²) in [6, 6.07) is 4.97. The largest absolute Gasteiger partial charge is 0.489 e. The Morgan fingerprint density at radius 2 is 2.11 bits per heavy atom. The topological polar surface area (TPSA) is 73.6 Å². The van der Waals surface area contributed by atoms with Crippen LogP contribution >= 0.6 is 0 Å². The van der Waals surface area contributed by atoms with Crippen molar-refractivity contribution in [3.05, 3.63) is 23.8 Å². The van der Waals surface area contributed by atoms with Crippen LogP contribution in [0.15, 0.2) is 18.2 Å². The van der Waals surface area contributed by atoms with Crippen molar-refractivity contribution in [1.82, 2.24) is 5.32 Å². The molecule has 3 N–H and O–H groups in total. The predicted octanol–water partition coefficient (Wildman–Crippen LogP) is 1.43. The Morgan fingerprint density at radius 3 is 2.72 bits per heavy atom. The van der Waals surface area contributed by atoms with Crippen molar-refractivity contribution < 1.29 is 14.3 Å². The molecule has 0 spiro atoms. The first-order valence-corrected chi connectivity index (χ1v) is 6.01. The molecule has 0 heterocycles. The fourth-order valence-corrected chi connectivity index (χ4v) is 1.42. The minimum atomic E-state index is -0.167. The SMILES string of the molecule is CCCOCCOc1ccc(C(=O)NC)cc1N. The van der Waals surface area contributed by atoms with E-state index in [0.29, 0.717) is 30.2 Å². The van der Waals surface area contributed by atoms with E-state index in [0.717, 1.165) is 13.0 Å². The van der Waals surface area contributed by atoms with Gasteiger partial charge >= 0.3 is 0 Å². The number of amides is 1. The van der Waals surface area contributed by atoms with Gasteiger partial charge in [-0.2, -0.15) is 0 Å². The average Bonchev–Trinajstić information content (AvgIpc) is 2.39. The van der Waals surface area contributed by atoms with Gasteiger partial charge in [0.1, 0.15) is 12.4 Å². The number of nitrogens with one attached hydrogen (secondary N) is 1. The van der Waals surface area contributed by atoms with E-state index in [-0.39, 0.29) is 5.91 Å². The summed E-state index contributed by atoms with van der Waals surface area (Å²) in [4.78, 5) is 11.4. The van der Waals surface area contributed by atoms with Gasteiger partial charge in [0.15, 0.2) is 0 Å². The van der Waals surface area contributed by atoms with Crippen LogP contribution in [0.4, 0.5) is 5.69 Å². The van der Waals surface area contributed by atoms with Crippen molar-refractivity contribution in [3.63, 3.8) is 0 Å². The van der Waals surface area contributed by atoms with E-state index in [1.54, 1.807) is 25.2 Å². The van der Waals surface area contributed by atoms with Gasteiger partial charge in [-0.3, -0.25) is 4.79 Å². The minimum Gasteiger partial charge on any atom is -0.489 e. The first-order valence-electron chi connectivity index (χ1n) is 6.01. The standard InChI is InChI=1S/C13H20N2O3/c1-3-6-17-7-8-18-12-5-4-10(9-11(12)14)13(16)15-2/h4-5,9H,3,6-8,14H2,1-2H3,(H,15,16). The molecule has 0 saturated heterocycles. The molecule has 18 heavy (non-hydrogen) atoms. The fourth-order valence-electron chi connectivity index (χ4n) is 1.42. The first kappa shape index (κ1) is 14.3. The lowest BCUT2D eigenvalue weighted by Crippen LogP contribution is -2.18. The number of nitrogen functional groups attached to an aromatic ring is 1. The van der Waals surface area contributed by atoms with Crippen LogP contribution in [-0.2, 0) is 4.74 Å². The molecular formula is C13H20N2O3. The molecule has 0 aliphatic heterocycles. The molecular weight excluding hydrogens is 232 g/mol. The average molecular weight is 252 g/mol. The molecule has 1 aromatic carbocycles. The maximum Gasteiger partial charge on any atom is 0.251 e. The molecule has 0 unspecified atom stereocenters. The summed E-state index contributed by atoms with van der Waals surface area (Å²) in [5.41, 5.74) is 6.78. The second-order valence-corrected chi connectivity index (χ2v) is 3.79. The number of carbonyl (C=O) groups excluding carboxylic acids is 1. The molecule has 100 valence electrons. The molecule has 0 radical (unpaired) electrons. The van der Waals surface area contributed by atoms with Crippen molar-refractivity contribution in [1.29, 1.82) is 0 Å². The third-order valence-corrected chi connectivity index (χ3v) is 2.33. The quantitative estimate of drug-likeness (QED) is 0.569. The van der Waals surface area contributed by atoms with E-state index in [2.05, 4.69) is 12.2 Å². The number of rotatable bonds is 7. The van der Waals surface area contributed by atoms with E-state index in [9.17, 15) is 4.79 Å². The third kappa shape index (κ3) is 4.25. The monoisotopic (exact) mass is 252 g/mol. The number of nitrogens with two attached hydrogens (primary N) is 1. The third-order valence-electron chi connectivity index (χ3n) is 2.33. The normalized spacial score (nSPS) is 10.1. The summed E-state index contributed by atoms with van der Waals surface area (Å²) in [6.07, 6.45) is 0.989. The molecule has 0 aromatic heterocycles. The van der Waals surface area contributed by atoms with Crippen LogP contribution in [0.1, 0.15) is 23.7 Å². The summed E-state index contributed by atoms with van der Waals surface area (Å²) in [6.45, 7) is 3.76. The Balaban J connectivity index is 2.49. The van der Waals surface area contributed by atoms with Gasteiger partial charge in [0, 0.05) is 19.2 Å². The smallest absolute Gasteiger partial charge is 0.251 e. The molecule has 1 aromatic rings. The van der Waals surface area contributed by atoms with Crippen LogP contribution in [-0.4, -0.2) is 32.8 Å². The van der Waals surface area contributed by atoms with Gasteiger partial charge in [-0.25, -0.2) is 0 Å². The molecule has 5 heteroatoms. The van der Waals surface area contributed by atoms with Crippen LogP contribution in [0.5, 0.6) is 5.75 Å². The van der Waals surface area contributed by atoms with Crippen LogP contribution in [0.2, 0.25) is 0 Å². The van der Waals surface area contributed by atoms with Crippen LogP contribution in [0, 0.1) is 0 Å². The zero-order valence-corrected chi connectivity index (χ0v) is 10.9. The second kappa shape index (κ2) is 7.55. The summed E-state index contributed by atoms with van der Waals surface area (Å²) in [5.74, 6) is 0.405. The van der Waals surface area contributed by atoms with Crippen molar-refractivity contribution in [2.24, 2.45) is 0 Å². The number of carbonyl (C=O) groups is 1. The van der Waals surface area contributed by atoms with Crippen molar-refractivity contribution in [3.8, 4) is 5.75 Å². The Morgan fingerprint density at radius 1 is 1.33 bits per heavy atom. The number of hydrogen-bond donors (Lipinski definition) is 2. The zero-order chi connectivity index (χ0) is 13.4. The molecule has 1 rings (SSSR count). The Hall–Kier alpha value is -1.75. The lowest BCUT2D eigenvalue weighted by molar-refractivity contribution is 0.0962. The highest BCUT2D eigenvalue weighted by atomic mass is 16.5. The van der Waals surface area contributed by atoms with Crippen LogP contribution < -0.4 is 15.8 Å². The number of hydrogen-bond acceptors (Lipinski definition) is 4. The van der Waals surface area contributed by atoms with Gasteiger partial charge in [-0.1, -0.05) is 6.92 Å².